The fourth-order valence-corrected chi connectivity index (χ4v) is 3.04. The van der Waals surface area contributed by atoms with Crippen LogP contribution in [0.2, 0.25) is 0 Å². The highest BCUT2D eigenvalue weighted by molar-refractivity contribution is 5.90. The molecule has 7 heteroatoms. The third-order valence-electron chi connectivity index (χ3n) is 4.56. The van der Waals surface area contributed by atoms with Crippen LogP contribution >= 0.6 is 0 Å². The van der Waals surface area contributed by atoms with Crippen molar-refractivity contribution in [1.82, 2.24) is 10.2 Å². The lowest BCUT2D eigenvalue weighted by atomic mass is 10.1. The third-order valence-corrected chi connectivity index (χ3v) is 4.56. The van der Waals surface area contributed by atoms with Gasteiger partial charge in [-0.25, -0.2) is 9.59 Å². The molecule has 0 aromatic heterocycles. The number of methoxy groups -OCH3 is 1. The number of hydrogen-bond donors (Lipinski definition) is 1. The molecule has 0 spiro atoms. The number of allylic oxidation sites excluding steroid dienone is 1. The summed E-state index contributed by atoms with van der Waals surface area (Å²) in [7, 11) is 1.28. The molecular weight excluding hydrogens is 360 g/mol. The van der Waals surface area contributed by atoms with Gasteiger partial charge in [0.2, 0.25) is 5.91 Å². The number of rotatable bonds is 7. The SMILES string of the molecule is COC(=O)[C@H](CC=C(C)C)NC(=O)[C@H]1CCCN1C(=O)OCc1ccccc1. The number of likely N-dealkylation sites (tertiary alicyclic amines) is 1. The fourth-order valence-electron chi connectivity index (χ4n) is 3.04. The first-order valence-corrected chi connectivity index (χ1v) is 9.41. The number of nitrogens with zero attached hydrogens (tertiary/aromatic N) is 1. The Hall–Kier alpha value is -2.83. The molecule has 1 aromatic rings. The molecule has 1 heterocycles. The molecule has 0 bridgehead atoms. The number of benzene rings is 1. The van der Waals surface area contributed by atoms with Gasteiger partial charge in [-0.05, 0) is 38.7 Å². The van der Waals surface area contributed by atoms with Crippen molar-refractivity contribution >= 4 is 18.0 Å². The number of carbonyl (C=O) groups is 3. The molecule has 152 valence electrons. The molecule has 1 fully saturated rings. The molecule has 1 N–H and O–H groups in total. The Labute approximate surface area is 165 Å². The number of ether oxygens (including phenoxy) is 2. The second-order valence-electron chi connectivity index (χ2n) is 6.99. The summed E-state index contributed by atoms with van der Waals surface area (Å²) in [5.74, 6) is -0.881. The summed E-state index contributed by atoms with van der Waals surface area (Å²) in [6.45, 7) is 4.42. The summed E-state index contributed by atoms with van der Waals surface area (Å²) < 4.78 is 10.1. The number of amides is 2. The van der Waals surface area contributed by atoms with Crippen LogP contribution in [0.1, 0.15) is 38.7 Å². The molecule has 0 radical (unpaired) electrons. The van der Waals surface area contributed by atoms with E-state index in [4.69, 9.17) is 9.47 Å². The largest absolute Gasteiger partial charge is 0.467 e. The normalized spacial score (nSPS) is 16.8. The second kappa shape index (κ2) is 10.5. The molecule has 1 aliphatic heterocycles. The maximum Gasteiger partial charge on any atom is 0.410 e. The Bertz CT molecular complexity index is 713. The number of hydrogen-bond acceptors (Lipinski definition) is 5. The summed E-state index contributed by atoms with van der Waals surface area (Å²) in [4.78, 5) is 38.6. The summed E-state index contributed by atoms with van der Waals surface area (Å²) in [5.41, 5.74) is 1.92. The lowest BCUT2D eigenvalue weighted by Gasteiger charge is -2.25. The first kappa shape index (κ1) is 21.5. The van der Waals surface area contributed by atoms with E-state index >= 15 is 0 Å². The lowest BCUT2D eigenvalue weighted by Crippen LogP contribution is -2.51. The number of nitrogens with one attached hydrogen (secondary N) is 1. The Morgan fingerprint density at radius 3 is 2.61 bits per heavy atom. The molecule has 2 rings (SSSR count). The van der Waals surface area contributed by atoms with Crippen LogP contribution in [-0.2, 0) is 25.7 Å². The standard InChI is InChI=1S/C21H28N2O5/c1-15(2)11-12-17(20(25)27-3)22-19(24)18-10-7-13-23(18)21(26)28-14-16-8-5-4-6-9-16/h4-6,8-9,11,17-18H,7,10,12-14H2,1-3H3,(H,22,24)/t17-,18+/m0/s1. The topological polar surface area (TPSA) is 84.9 Å². The van der Waals surface area contributed by atoms with E-state index in [0.29, 0.717) is 25.8 Å². The van der Waals surface area contributed by atoms with Crippen molar-refractivity contribution in [2.75, 3.05) is 13.7 Å². The molecule has 0 saturated carbocycles. The van der Waals surface area contributed by atoms with E-state index < -0.39 is 24.1 Å². The van der Waals surface area contributed by atoms with Gasteiger partial charge < -0.3 is 14.8 Å². The Morgan fingerprint density at radius 2 is 1.96 bits per heavy atom. The average molecular weight is 388 g/mol. The Balaban J connectivity index is 1.97. The van der Waals surface area contributed by atoms with Crippen LogP contribution < -0.4 is 5.32 Å². The molecule has 28 heavy (non-hydrogen) atoms. The van der Waals surface area contributed by atoms with Crippen molar-refractivity contribution in [1.29, 1.82) is 0 Å². The maximum absolute atomic E-state index is 12.7. The minimum atomic E-state index is -0.782. The number of esters is 1. The monoisotopic (exact) mass is 388 g/mol. The molecule has 0 aliphatic carbocycles. The van der Waals surface area contributed by atoms with Crippen LogP contribution in [-0.4, -0.2) is 48.6 Å². The van der Waals surface area contributed by atoms with Crippen molar-refractivity contribution in [3.05, 3.63) is 47.5 Å². The van der Waals surface area contributed by atoms with Gasteiger partial charge in [0, 0.05) is 6.54 Å². The van der Waals surface area contributed by atoms with Gasteiger partial charge in [-0.1, -0.05) is 42.0 Å². The predicted octanol–water partition coefficient (Wildman–Crippen LogP) is 2.80. The van der Waals surface area contributed by atoms with E-state index in [9.17, 15) is 14.4 Å². The molecular formula is C21H28N2O5. The zero-order chi connectivity index (χ0) is 20.5. The van der Waals surface area contributed by atoms with E-state index in [1.54, 1.807) is 0 Å². The van der Waals surface area contributed by atoms with E-state index in [0.717, 1.165) is 11.1 Å². The molecule has 1 aromatic carbocycles. The molecule has 2 atom stereocenters. The zero-order valence-electron chi connectivity index (χ0n) is 16.6. The minimum Gasteiger partial charge on any atom is -0.467 e. The third kappa shape index (κ3) is 6.11. The Kier molecular flexibility index (Phi) is 8.04. The fraction of sp³-hybridized carbons (Fsp3) is 0.476. The van der Waals surface area contributed by atoms with Crippen LogP contribution in [0.15, 0.2) is 42.0 Å². The van der Waals surface area contributed by atoms with Gasteiger partial charge in [-0.3, -0.25) is 9.69 Å². The predicted molar refractivity (Wildman–Crippen MR) is 104 cm³/mol. The summed E-state index contributed by atoms with van der Waals surface area (Å²) in [6.07, 6.45) is 2.91. The molecule has 1 aliphatic rings. The van der Waals surface area contributed by atoms with Crippen LogP contribution in [0.4, 0.5) is 4.79 Å². The van der Waals surface area contributed by atoms with Crippen LogP contribution in [0.5, 0.6) is 0 Å². The molecule has 1 saturated heterocycles. The zero-order valence-corrected chi connectivity index (χ0v) is 16.6. The first-order chi connectivity index (χ1) is 13.4. The molecule has 0 unspecified atom stereocenters. The van der Waals surface area contributed by atoms with Crippen LogP contribution in [0.25, 0.3) is 0 Å². The van der Waals surface area contributed by atoms with Gasteiger partial charge in [-0.2, -0.15) is 0 Å². The quantitative estimate of drug-likeness (QED) is 0.573. The summed E-state index contributed by atoms with van der Waals surface area (Å²) in [6, 6.07) is 7.93. The van der Waals surface area contributed by atoms with E-state index in [-0.39, 0.29) is 12.5 Å². The van der Waals surface area contributed by atoms with Gasteiger partial charge in [0.25, 0.3) is 0 Å². The Morgan fingerprint density at radius 1 is 1.25 bits per heavy atom. The van der Waals surface area contributed by atoms with E-state index in [2.05, 4.69) is 5.32 Å². The van der Waals surface area contributed by atoms with Crippen LogP contribution in [0.3, 0.4) is 0 Å². The first-order valence-electron chi connectivity index (χ1n) is 9.41. The highest BCUT2D eigenvalue weighted by Gasteiger charge is 2.36. The highest BCUT2D eigenvalue weighted by atomic mass is 16.6. The van der Waals surface area contributed by atoms with Crippen LogP contribution in [0, 0.1) is 0 Å². The van der Waals surface area contributed by atoms with Gasteiger partial charge in [0.1, 0.15) is 18.7 Å². The van der Waals surface area contributed by atoms with Crippen molar-refractivity contribution in [2.24, 2.45) is 0 Å². The van der Waals surface area contributed by atoms with Crippen molar-refractivity contribution < 1.29 is 23.9 Å². The molecule has 2 amide bonds. The number of carbonyl (C=O) groups excluding carboxylic acids is 3. The highest BCUT2D eigenvalue weighted by Crippen LogP contribution is 2.19. The second-order valence-corrected chi connectivity index (χ2v) is 6.99. The lowest BCUT2D eigenvalue weighted by molar-refractivity contribution is -0.145. The van der Waals surface area contributed by atoms with E-state index in [1.807, 2.05) is 50.3 Å². The van der Waals surface area contributed by atoms with E-state index in [1.165, 1.54) is 12.0 Å². The van der Waals surface area contributed by atoms with Gasteiger partial charge in [0.05, 0.1) is 7.11 Å². The van der Waals surface area contributed by atoms with Gasteiger partial charge in [-0.15, -0.1) is 0 Å². The maximum atomic E-state index is 12.7. The van der Waals surface area contributed by atoms with Crippen molar-refractivity contribution in [2.45, 2.75) is 51.8 Å². The van der Waals surface area contributed by atoms with Gasteiger partial charge in [0.15, 0.2) is 0 Å². The molecule has 7 nitrogen and oxygen atoms in total. The minimum absolute atomic E-state index is 0.149. The van der Waals surface area contributed by atoms with Crippen molar-refractivity contribution in [3.8, 4) is 0 Å². The summed E-state index contributed by atoms with van der Waals surface area (Å²) >= 11 is 0. The smallest absolute Gasteiger partial charge is 0.410 e. The summed E-state index contributed by atoms with van der Waals surface area (Å²) in [5, 5.41) is 2.72. The average Bonchev–Trinajstić information content (AvgIpc) is 3.19. The van der Waals surface area contributed by atoms with Gasteiger partial charge >= 0.3 is 12.1 Å². The van der Waals surface area contributed by atoms with Crippen molar-refractivity contribution in [3.63, 3.8) is 0 Å².